The van der Waals surface area contributed by atoms with Crippen molar-refractivity contribution in [2.45, 2.75) is 39.0 Å². The van der Waals surface area contributed by atoms with E-state index in [0.29, 0.717) is 4.88 Å². The van der Waals surface area contributed by atoms with Gasteiger partial charge in [-0.25, -0.2) is 9.59 Å². The van der Waals surface area contributed by atoms with E-state index >= 15 is 0 Å². The summed E-state index contributed by atoms with van der Waals surface area (Å²) in [7, 11) is 0. The zero-order chi connectivity index (χ0) is 15.7. The number of unbranched alkanes of at least 4 members (excludes halogenated alkanes) is 4. The van der Waals surface area contributed by atoms with E-state index in [1.165, 1.54) is 30.6 Å². The highest BCUT2D eigenvalue weighted by atomic mass is 32.1. The lowest BCUT2D eigenvalue weighted by Gasteiger charge is -1.93. The lowest BCUT2D eigenvalue weighted by Crippen LogP contribution is -2.10. The van der Waals surface area contributed by atoms with E-state index in [9.17, 15) is 9.59 Å². The van der Waals surface area contributed by atoms with Crippen LogP contribution in [0.2, 0.25) is 0 Å². The molecular weight excluding hydrogens is 288 g/mol. The zero-order valence-electron chi connectivity index (χ0n) is 11.9. The van der Waals surface area contributed by atoms with Gasteiger partial charge in [-0.15, -0.1) is 11.3 Å². The first-order valence-corrected chi connectivity index (χ1v) is 7.63. The Balaban J connectivity index is 2.65. The van der Waals surface area contributed by atoms with Crippen molar-refractivity contribution in [3.63, 3.8) is 0 Å². The third-order valence-corrected chi connectivity index (χ3v) is 3.69. The highest BCUT2D eigenvalue weighted by Gasteiger charge is 2.16. The maximum absolute atomic E-state index is 10.8. The molecule has 112 valence electrons. The average molecular weight is 306 g/mol. The molecule has 5 heteroatoms. The minimum absolute atomic E-state index is 0.574. The number of carbonyl (C=O) groups is 2. The number of hydrogen-bond acceptors (Lipinski definition) is 3. The van der Waals surface area contributed by atoms with Crippen molar-refractivity contribution in [2.24, 2.45) is 0 Å². The van der Waals surface area contributed by atoms with Gasteiger partial charge in [0.1, 0.15) is 5.57 Å². The van der Waals surface area contributed by atoms with Gasteiger partial charge in [-0.3, -0.25) is 0 Å². The third-order valence-electron chi connectivity index (χ3n) is 2.74. The molecule has 4 nitrogen and oxygen atoms in total. The number of thiophene rings is 1. The van der Waals surface area contributed by atoms with Crippen LogP contribution < -0.4 is 0 Å². The van der Waals surface area contributed by atoms with E-state index in [2.05, 4.69) is 18.8 Å². The van der Waals surface area contributed by atoms with E-state index < -0.39 is 17.5 Å². The number of rotatable bonds is 7. The van der Waals surface area contributed by atoms with Gasteiger partial charge in [0.25, 0.3) is 0 Å². The molecule has 1 aromatic rings. The first-order valence-electron chi connectivity index (χ1n) is 6.81. The van der Waals surface area contributed by atoms with Gasteiger partial charge >= 0.3 is 11.9 Å². The summed E-state index contributed by atoms with van der Waals surface area (Å²) in [6, 6.07) is 3.45. The van der Waals surface area contributed by atoms with Crippen molar-refractivity contribution < 1.29 is 19.8 Å². The molecule has 0 atom stereocenters. The van der Waals surface area contributed by atoms with Crippen LogP contribution in [0.15, 0.2) is 17.7 Å². The van der Waals surface area contributed by atoms with Crippen molar-refractivity contribution >= 4 is 29.4 Å². The summed E-state index contributed by atoms with van der Waals surface area (Å²) in [6.07, 6.45) is 6.69. The van der Waals surface area contributed by atoms with Crippen LogP contribution >= 0.6 is 11.3 Å². The second-order valence-electron chi connectivity index (χ2n) is 4.48. The fourth-order valence-corrected chi connectivity index (χ4v) is 2.47. The summed E-state index contributed by atoms with van der Waals surface area (Å²) < 4.78 is 0. The topological polar surface area (TPSA) is 74.6 Å². The van der Waals surface area contributed by atoms with Crippen LogP contribution in [-0.2, 0) is 9.59 Å². The van der Waals surface area contributed by atoms with Gasteiger partial charge in [0.05, 0.1) is 4.88 Å². The summed E-state index contributed by atoms with van der Waals surface area (Å²) in [5.41, 5.74) is -0.643. The van der Waals surface area contributed by atoms with Crippen molar-refractivity contribution in [1.29, 1.82) is 0 Å². The summed E-state index contributed by atoms with van der Waals surface area (Å²) in [5, 5.41) is 17.6. The SMILES string of the molecule is CCCCCCC#Cc1ccc(C=C(C(=O)O)C(=O)O)s1. The second kappa shape index (κ2) is 8.98. The van der Waals surface area contributed by atoms with E-state index in [-0.39, 0.29) is 0 Å². The van der Waals surface area contributed by atoms with Gasteiger partial charge in [-0.05, 0) is 24.6 Å². The lowest BCUT2D eigenvalue weighted by molar-refractivity contribution is -0.139. The van der Waals surface area contributed by atoms with Crippen LogP contribution in [0.4, 0.5) is 0 Å². The average Bonchev–Trinajstić information content (AvgIpc) is 2.87. The van der Waals surface area contributed by atoms with Gasteiger partial charge in [0.15, 0.2) is 0 Å². The van der Waals surface area contributed by atoms with Crippen LogP contribution in [0.3, 0.4) is 0 Å². The van der Waals surface area contributed by atoms with E-state index in [4.69, 9.17) is 10.2 Å². The van der Waals surface area contributed by atoms with Crippen LogP contribution in [0.5, 0.6) is 0 Å². The van der Waals surface area contributed by atoms with Crippen LogP contribution in [0.1, 0.15) is 48.8 Å². The first kappa shape index (κ1) is 17.0. The Kier molecular flexibility index (Phi) is 7.27. The molecule has 1 aromatic heterocycles. The number of carboxylic acids is 2. The van der Waals surface area contributed by atoms with E-state index in [1.807, 2.05) is 0 Å². The zero-order valence-corrected chi connectivity index (χ0v) is 12.7. The highest BCUT2D eigenvalue weighted by molar-refractivity contribution is 7.13. The van der Waals surface area contributed by atoms with Gasteiger partial charge in [-0.1, -0.05) is 38.0 Å². The molecule has 1 heterocycles. The molecule has 0 fully saturated rings. The van der Waals surface area contributed by atoms with Crippen LogP contribution in [-0.4, -0.2) is 22.2 Å². The number of aliphatic carboxylic acids is 2. The summed E-state index contributed by atoms with van der Waals surface area (Å²) in [5.74, 6) is 3.21. The van der Waals surface area contributed by atoms with Crippen molar-refractivity contribution in [3.8, 4) is 11.8 Å². The monoisotopic (exact) mass is 306 g/mol. The Hall–Kier alpha value is -2.06. The van der Waals surface area contributed by atoms with Gasteiger partial charge in [-0.2, -0.15) is 0 Å². The molecule has 0 aliphatic heterocycles. The van der Waals surface area contributed by atoms with E-state index in [1.54, 1.807) is 12.1 Å². The van der Waals surface area contributed by atoms with Gasteiger partial charge in [0, 0.05) is 11.3 Å². The fourth-order valence-electron chi connectivity index (χ4n) is 1.64. The number of carboxylic acid groups (broad SMARTS) is 2. The Labute approximate surface area is 128 Å². The van der Waals surface area contributed by atoms with Crippen LogP contribution in [0.25, 0.3) is 6.08 Å². The summed E-state index contributed by atoms with van der Waals surface area (Å²) in [4.78, 5) is 22.9. The molecule has 2 N–H and O–H groups in total. The molecule has 0 unspecified atom stereocenters. The Morgan fingerprint density at radius 2 is 1.90 bits per heavy atom. The molecule has 0 aliphatic rings. The van der Waals surface area contributed by atoms with Crippen molar-refractivity contribution in [2.75, 3.05) is 0 Å². The predicted octanol–water partition coefficient (Wildman–Crippen LogP) is 3.62. The first-order chi connectivity index (χ1) is 10.0. The Bertz CT molecular complexity index is 571. The van der Waals surface area contributed by atoms with Gasteiger partial charge < -0.3 is 10.2 Å². The second-order valence-corrected chi connectivity index (χ2v) is 5.60. The molecule has 0 spiro atoms. The maximum Gasteiger partial charge on any atom is 0.343 e. The molecule has 0 bridgehead atoms. The quantitative estimate of drug-likeness (QED) is 0.265. The smallest absolute Gasteiger partial charge is 0.343 e. The number of hydrogen-bond donors (Lipinski definition) is 2. The van der Waals surface area contributed by atoms with Crippen LogP contribution in [0, 0.1) is 11.8 Å². The molecule has 1 rings (SSSR count). The largest absolute Gasteiger partial charge is 0.477 e. The predicted molar refractivity (Wildman–Crippen MR) is 83.2 cm³/mol. The molecule has 21 heavy (non-hydrogen) atoms. The highest BCUT2D eigenvalue weighted by Crippen LogP contribution is 2.19. The molecule has 0 saturated carbocycles. The van der Waals surface area contributed by atoms with E-state index in [0.717, 1.165) is 23.8 Å². The minimum Gasteiger partial charge on any atom is -0.477 e. The summed E-state index contributed by atoms with van der Waals surface area (Å²) in [6.45, 7) is 2.16. The minimum atomic E-state index is -1.44. The van der Waals surface area contributed by atoms with Crippen molar-refractivity contribution in [3.05, 3.63) is 27.5 Å². The molecule has 0 radical (unpaired) electrons. The maximum atomic E-state index is 10.8. The van der Waals surface area contributed by atoms with Gasteiger partial charge in [0.2, 0.25) is 0 Å². The lowest BCUT2D eigenvalue weighted by atomic mass is 10.1. The third kappa shape index (κ3) is 6.28. The molecular formula is C16H18O4S. The fraction of sp³-hybridized carbons (Fsp3) is 0.375. The Morgan fingerprint density at radius 3 is 2.52 bits per heavy atom. The summed E-state index contributed by atoms with van der Waals surface area (Å²) >= 11 is 1.29. The Morgan fingerprint density at radius 1 is 1.19 bits per heavy atom. The molecule has 0 amide bonds. The molecule has 0 saturated heterocycles. The normalized spacial score (nSPS) is 9.57. The molecule has 0 aromatic carbocycles. The standard InChI is InChI=1S/C16H18O4S/c1-2-3-4-5-6-7-8-12-9-10-13(21-12)11-14(15(17)18)16(19)20/h9-11H,2-6H2,1H3,(H,17,18)(H,19,20). The van der Waals surface area contributed by atoms with Crippen molar-refractivity contribution in [1.82, 2.24) is 0 Å². The molecule has 0 aliphatic carbocycles.